The maximum Gasteiger partial charge on any atom is -0.00437 e. The highest BCUT2D eigenvalue weighted by Crippen LogP contribution is 2.26. The standard InChI is InChI=1S/C17H29N/c1-6-10-18-11-9-17(4,5)13-16-8-7-14(2)15(3)12-16/h7-8,12,18H,6,9-11,13H2,1-5H3. The van der Waals surface area contributed by atoms with E-state index in [0.717, 1.165) is 13.1 Å². The minimum Gasteiger partial charge on any atom is -0.317 e. The van der Waals surface area contributed by atoms with Crippen LogP contribution in [0.5, 0.6) is 0 Å². The maximum absolute atomic E-state index is 3.50. The molecule has 1 aromatic carbocycles. The van der Waals surface area contributed by atoms with Gasteiger partial charge in [0, 0.05) is 0 Å². The van der Waals surface area contributed by atoms with Gasteiger partial charge < -0.3 is 5.32 Å². The van der Waals surface area contributed by atoms with Gasteiger partial charge in [-0.2, -0.15) is 0 Å². The molecule has 18 heavy (non-hydrogen) atoms. The van der Waals surface area contributed by atoms with E-state index in [1.165, 1.54) is 36.0 Å². The first-order valence-corrected chi connectivity index (χ1v) is 7.21. The van der Waals surface area contributed by atoms with E-state index in [9.17, 15) is 0 Å². The average Bonchev–Trinajstić information content (AvgIpc) is 2.29. The van der Waals surface area contributed by atoms with Crippen LogP contribution in [-0.2, 0) is 6.42 Å². The second-order valence-electron chi connectivity index (χ2n) is 6.26. The van der Waals surface area contributed by atoms with Crippen LogP contribution >= 0.6 is 0 Å². The molecule has 0 bridgehead atoms. The first-order valence-electron chi connectivity index (χ1n) is 7.21. The molecule has 0 atom stereocenters. The lowest BCUT2D eigenvalue weighted by Gasteiger charge is -2.25. The van der Waals surface area contributed by atoms with Gasteiger partial charge in [-0.05, 0) is 68.3 Å². The van der Waals surface area contributed by atoms with E-state index in [1.54, 1.807) is 0 Å². The van der Waals surface area contributed by atoms with Gasteiger partial charge in [0.15, 0.2) is 0 Å². The summed E-state index contributed by atoms with van der Waals surface area (Å²) in [5.41, 5.74) is 4.65. The summed E-state index contributed by atoms with van der Waals surface area (Å²) >= 11 is 0. The molecule has 0 amide bonds. The molecule has 102 valence electrons. The van der Waals surface area contributed by atoms with Crippen molar-refractivity contribution in [3.63, 3.8) is 0 Å². The third-order valence-corrected chi connectivity index (χ3v) is 3.66. The normalized spacial score (nSPS) is 11.8. The summed E-state index contributed by atoms with van der Waals surface area (Å²) in [5.74, 6) is 0. The van der Waals surface area contributed by atoms with Crippen molar-refractivity contribution in [3.05, 3.63) is 34.9 Å². The van der Waals surface area contributed by atoms with E-state index in [-0.39, 0.29) is 0 Å². The Bertz CT molecular complexity index is 366. The predicted molar refractivity (Wildman–Crippen MR) is 81.2 cm³/mol. The second kappa shape index (κ2) is 6.94. The Morgan fingerprint density at radius 3 is 2.39 bits per heavy atom. The Balaban J connectivity index is 2.50. The van der Waals surface area contributed by atoms with Crippen molar-refractivity contribution in [1.82, 2.24) is 5.32 Å². The highest BCUT2D eigenvalue weighted by atomic mass is 14.8. The molecule has 0 saturated carbocycles. The molecular formula is C17H29N. The number of nitrogens with one attached hydrogen (secondary N) is 1. The van der Waals surface area contributed by atoms with Crippen LogP contribution in [0.15, 0.2) is 18.2 Å². The van der Waals surface area contributed by atoms with Gasteiger partial charge in [0.2, 0.25) is 0 Å². The fourth-order valence-electron chi connectivity index (χ4n) is 2.28. The number of aryl methyl sites for hydroxylation is 2. The summed E-state index contributed by atoms with van der Waals surface area (Å²) in [6, 6.07) is 6.87. The maximum atomic E-state index is 3.50. The van der Waals surface area contributed by atoms with E-state index in [1.807, 2.05) is 0 Å². The zero-order valence-corrected chi connectivity index (χ0v) is 12.8. The van der Waals surface area contributed by atoms with Gasteiger partial charge in [-0.1, -0.05) is 39.0 Å². The zero-order valence-electron chi connectivity index (χ0n) is 12.8. The van der Waals surface area contributed by atoms with Crippen molar-refractivity contribution in [3.8, 4) is 0 Å². The smallest absolute Gasteiger partial charge is 0.00437 e. The highest BCUT2D eigenvalue weighted by Gasteiger charge is 2.18. The number of hydrogen-bond donors (Lipinski definition) is 1. The van der Waals surface area contributed by atoms with Crippen molar-refractivity contribution in [2.24, 2.45) is 5.41 Å². The SMILES string of the molecule is CCCNCCC(C)(C)Cc1ccc(C)c(C)c1. The van der Waals surface area contributed by atoms with E-state index in [4.69, 9.17) is 0 Å². The summed E-state index contributed by atoms with van der Waals surface area (Å²) in [5, 5.41) is 3.50. The molecule has 0 aromatic heterocycles. The van der Waals surface area contributed by atoms with Crippen molar-refractivity contribution in [2.75, 3.05) is 13.1 Å². The molecule has 0 saturated heterocycles. The summed E-state index contributed by atoms with van der Waals surface area (Å²) in [6.45, 7) is 13.6. The fraction of sp³-hybridized carbons (Fsp3) is 0.647. The van der Waals surface area contributed by atoms with Gasteiger partial charge in [-0.25, -0.2) is 0 Å². The van der Waals surface area contributed by atoms with Gasteiger partial charge in [-0.15, -0.1) is 0 Å². The van der Waals surface area contributed by atoms with Gasteiger partial charge >= 0.3 is 0 Å². The Hall–Kier alpha value is -0.820. The third kappa shape index (κ3) is 5.22. The largest absolute Gasteiger partial charge is 0.317 e. The first-order chi connectivity index (χ1) is 8.44. The monoisotopic (exact) mass is 247 g/mol. The van der Waals surface area contributed by atoms with Crippen LogP contribution in [0.25, 0.3) is 0 Å². The molecule has 1 nitrogen and oxygen atoms in total. The summed E-state index contributed by atoms with van der Waals surface area (Å²) < 4.78 is 0. The van der Waals surface area contributed by atoms with Crippen LogP contribution in [0.1, 0.15) is 50.3 Å². The van der Waals surface area contributed by atoms with E-state index in [0.29, 0.717) is 5.41 Å². The molecule has 0 spiro atoms. The lowest BCUT2D eigenvalue weighted by atomic mass is 9.82. The molecule has 0 aliphatic heterocycles. The van der Waals surface area contributed by atoms with E-state index in [2.05, 4.69) is 58.1 Å². The fourth-order valence-corrected chi connectivity index (χ4v) is 2.28. The Morgan fingerprint density at radius 2 is 1.78 bits per heavy atom. The Morgan fingerprint density at radius 1 is 1.06 bits per heavy atom. The number of hydrogen-bond acceptors (Lipinski definition) is 1. The summed E-state index contributed by atoms with van der Waals surface area (Å²) in [4.78, 5) is 0. The minimum absolute atomic E-state index is 0.377. The van der Waals surface area contributed by atoms with Crippen LogP contribution in [0.3, 0.4) is 0 Å². The molecule has 0 heterocycles. The van der Waals surface area contributed by atoms with Crippen molar-refractivity contribution in [2.45, 2.75) is 53.9 Å². The quantitative estimate of drug-likeness (QED) is 0.710. The van der Waals surface area contributed by atoms with E-state index < -0.39 is 0 Å². The van der Waals surface area contributed by atoms with Crippen LogP contribution in [0, 0.1) is 19.3 Å². The molecule has 0 fully saturated rings. The van der Waals surface area contributed by atoms with Gasteiger partial charge in [-0.3, -0.25) is 0 Å². The van der Waals surface area contributed by atoms with Gasteiger partial charge in [0.1, 0.15) is 0 Å². The van der Waals surface area contributed by atoms with Crippen molar-refractivity contribution >= 4 is 0 Å². The van der Waals surface area contributed by atoms with Crippen LogP contribution in [0.4, 0.5) is 0 Å². The molecule has 0 aliphatic carbocycles. The molecular weight excluding hydrogens is 218 g/mol. The zero-order chi connectivity index (χ0) is 13.6. The molecule has 1 aromatic rings. The molecule has 1 rings (SSSR count). The van der Waals surface area contributed by atoms with Gasteiger partial charge in [0.05, 0.1) is 0 Å². The minimum atomic E-state index is 0.377. The molecule has 0 unspecified atom stereocenters. The van der Waals surface area contributed by atoms with E-state index >= 15 is 0 Å². The molecule has 0 aliphatic rings. The third-order valence-electron chi connectivity index (χ3n) is 3.66. The highest BCUT2D eigenvalue weighted by molar-refractivity contribution is 5.30. The Labute approximate surface area is 113 Å². The summed E-state index contributed by atoms with van der Waals surface area (Å²) in [7, 11) is 0. The lowest BCUT2D eigenvalue weighted by Crippen LogP contribution is -2.24. The van der Waals surface area contributed by atoms with Crippen LogP contribution < -0.4 is 5.32 Å². The first kappa shape index (κ1) is 15.2. The predicted octanol–water partition coefficient (Wildman–Crippen LogP) is 4.26. The lowest BCUT2D eigenvalue weighted by molar-refractivity contribution is 0.325. The average molecular weight is 247 g/mol. The molecule has 1 N–H and O–H groups in total. The Kier molecular flexibility index (Phi) is 5.87. The number of benzene rings is 1. The molecule has 1 heteroatoms. The number of rotatable bonds is 7. The second-order valence-corrected chi connectivity index (χ2v) is 6.26. The van der Waals surface area contributed by atoms with Crippen molar-refractivity contribution < 1.29 is 0 Å². The summed E-state index contributed by atoms with van der Waals surface area (Å²) in [6.07, 6.45) is 3.62. The van der Waals surface area contributed by atoms with Crippen LogP contribution in [-0.4, -0.2) is 13.1 Å². The van der Waals surface area contributed by atoms with Crippen molar-refractivity contribution in [1.29, 1.82) is 0 Å². The van der Waals surface area contributed by atoms with Crippen LogP contribution in [0.2, 0.25) is 0 Å². The van der Waals surface area contributed by atoms with Gasteiger partial charge in [0.25, 0.3) is 0 Å². The molecule has 0 radical (unpaired) electrons. The topological polar surface area (TPSA) is 12.0 Å².